The molecule has 0 spiro atoms. The standard InChI is InChI=1S/C12H22O/c1-4-11(13)12(7-5-8-12)9-6-10(2)3/h6,11,13H,4-5,7-9H2,1-3H3/t11-/m1/s1. The summed E-state index contributed by atoms with van der Waals surface area (Å²) in [5, 5.41) is 9.91. The molecule has 0 unspecified atom stereocenters. The second kappa shape index (κ2) is 4.28. The maximum atomic E-state index is 9.91. The Labute approximate surface area is 81.9 Å². The quantitative estimate of drug-likeness (QED) is 0.661. The molecule has 1 N–H and O–H groups in total. The average Bonchev–Trinajstić information content (AvgIpc) is 2.01. The zero-order valence-electron chi connectivity index (χ0n) is 9.14. The third kappa shape index (κ3) is 2.34. The summed E-state index contributed by atoms with van der Waals surface area (Å²) in [6.07, 6.45) is 7.89. The number of hydrogen-bond donors (Lipinski definition) is 1. The molecule has 0 aromatic rings. The maximum Gasteiger partial charge on any atom is 0.0596 e. The lowest BCUT2D eigenvalue weighted by Gasteiger charge is -2.45. The third-order valence-corrected chi connectivity index (χ3v) is 3.36. The minimum Gasteiger partial charge on any atom is -0.393 e. The largest absolute Gasteiger partial charge is 0.393 e. The number of allylic oxidation sites excluding steroid dienone is 2. The summed E-state index contributed by atoms with van der Waals surface area (Å²) in [6, 6.07) is 0. The van der Waals surface area contributed by atoms with Gasteiger partial charge in [0.2, 0.25) is 0 Å². The molecular weight excluding hydrogens is 160 g/mol. The van der Waals surface area contributed by atoms with Crippen molar-refractivity contribution in [3.05, 3.63) is 11.6 Å². The molecule has 1 fully saturated rings. The van der Waals surface area contributed by atoms with E-state index in [1.165, 1.54) is 24.8 Å². The van der Waals surface area contributed by atoms with E-state index in [1.807, 2.05) is 0 Å². The highest BCUT2D eigenvalue weighted by atomic mass is 16.3. The van der Waals surface area contributed by atoms with Crippen molar-refractivity contribution < 1.29 is 5.11 Å². The van der Waals surface area contributed by atoms with Gasteiger partial charge in [-0.2, -0.15) is 0 Å². The summed E-state index contributed by atoms with van der Waals surface area (Å²) < 4.78 is 0. The van der Waals surface area contributed by atoms with Crippen LogP contribution in [0.25, 0.3) is 0 Å². The number of aliphatic hydroxyl groups excluding tert-OH is 1. The Bertz CT molecular complexity index is 185. The van der Waals surface area contributed by atoms with E-state index in [-0.39, 0.29) is 11.5 Å². The molecule has 1 nitrogen and oxygen atoms in total. The van der Waals surface area contributed by atoms with Gasteiger partial charge in [0.05, 0.1) is 6.10 Å². The summed E-state index contributed by atoms with van der Waals surface area (Å²) in [6.45, 7) is 6.34. The van der Waals surface area contributed by atoms with Crippen LogP contribution in [0.15, 0.2) is 11.6 Å². The molecule has 1 atom stereocenters. The Balaban J connectivity index is 2.54. The van der Waals surface area contributed by atoms with Crippen molar-refractivity contribution >= 4 is 0 Å². The lowest BCUT2D eigenvalue weighted by molar-refractivity contribution is -0.0343. The Morgan fingerprint density at radius 1 is 1.46 bits per heavy atom. The molecule has 1 heteroatoms. The van der Waals surface area contributed by atoms with Crippen molar-refractivity contribution in [2.24, 2.45) is 5.41 Å². The van der Waals surface area contributed by atoms with Gasteiger partial charge < -0.3 is 5.11 Å². The fourth-order valence-corrected chi connectivity index (χ4v) is 2.14. The second-order valence-electron chi connectivity index (χ2n) is 4.63. The smallest absolute Gasteiger partial charge is 0.0596 e. The molecule has 1 aliphatic rings. The molecule has 0 amide bonds. The third-order valence-electron chi connectivity index (χ3n) is 3.36. The Hall–Kier alpha value is -0.300. The number of rotatable bonds is 4. The summed E-state index contributed by atoms with van der Waals surface area (Å²) in [5.41, 5.74) is 1.61. The monoisotopic (exact) mass is 182 g/mol. The highest BCUT2D eigenvalue weighted by Gasteiger charge is 2.41. The minimum absolute atomic E-state index is 0.0863. The van der Waals surface area contributed by atoms with Crippen molar-refractivity contribution in [3.8, 4) is 0 Å². The highest BCUT2D eigenvalue weighted by Crippen LogP contribution is 2.48. The van der Waals surface area contributed by atoms with Crippen molar-refractivity contribution in [2.75, 3.05) is 0 Å². The molecule has 0 heterocycles. The van der Waals surface area contributed by atoms with E-state index in [9.17, 15) is 5.11 Å². The maximum absolute atomic E-state index is 9.91. The van der Waals surface area contributed by atoms with E-state index in [0.29, 0.717) is 0 Å². The molecule has 0 aliphatic heterocycles. The topological polar surface area (TPSA) is 20.2 Å². The van der Waals surface area contributed by atoms with Crippen LogP contribution in [0.4, 0.5) is 0 Å². The van der Waals surface area contributed by atoms with Crippen LogP contribution in [0.5, 0.6) is 0 Å². The van der Waals surface area contributed by atoms with E-state index in [0.717, 1.165) is 12.8 Å². The van der Waals surface area contributed by atoms with Crippen molar-refractivity contribution in [1.29, 1.82) is 0 Å². The normalized spacial score (nSPS) is 21.8. The van der Waals surface area contributed by atoms with E-state index >= 15 is 0 Å². The van der Waals surface area contributed by atoms with Gasteiger partial charge >= 0.3 is 0 Å². The molecule has 1 saturated carbocycles. The number of aliphatic hydroxyl groups is 1. The SMILES string of the molecule is CC[C@@H](O)C1(CC=C(C)C)CCC1. The van der Waals surface area contributed by atoms with Crippen LogP contribution in [-0.4, -0.2) is 11.2 Å². The van der Waals surface area contributed by atoms with Crippen LogP contribution in [0.2, 0.25) is 0 Å². The van der Waals surface area contributed by atoms with Crippen LogP contribution in [-0.2, 0) is 0 Å². The first kappa shape index (κ1) is 10.8. The van der Waals surface area contributed by atoms with Gasteiger partial charge in [-0.15, -0.1) is 0 Å². The average molecular weight is 182 g/mol. The molecule has 76 valence electrons. The lowest BCUT2D eigenvalue weighted by atomic mass is 9.62. The van der Waals surface area contributed by atoms with Gasteiger partial charge in [0.15, 0.2) is 0 Å². The van der Waals surface area contributed by atoms with Gasteiger partial charge in [-0.25, -0.2) is 0 Å². The highest BCUT2D eigenvalue weighted by molar-refractivity contribution is 5.03. The van der Waals surface area contributed by atoms with Crippen LogP contribution >= 0.6 is 0 Å². The summed E-state index contributed by atoms with van der Waals surface area (Å²) in [4.78, 5) is 0. The molecule has 0 saturated heterocycles. The molecular formula is C12H22O. The first-order valence-corrected chi connectivity index (χ1v) is 5.42. The predicted octanol–water partition coefficient (Wildman–Crippen LogP) is 3.28. The second-order valence-corrected chi connectivity index (χ2v) is 4.63. The van der Waals surface area contributed by atoms with E-state index in [4.69, 9.17) is 0 Å². The van der Waals surface area contributed by atoms with Crippen molar-refractivity contribution in [2.45, 2.75) is 59.0 Å². The zero-order valence-corrected chi connectivity index (χ0v) is 9.14. The fourth-order valence-electron chi connectivity index (χ4n) is 2.14. The minimum atomic E-state index is -0.0863. The Kier molecular flexibility index (Phi) is 3.55. The van der Waals surface area contributed by atoms with E-state index in [1.54, 1.807) is 0 Å². The van der Waals surface area contributed by atoms with Crippen LogP contribution in [0.3, 0.4) is 0 Å². The summed E-state index contributed by atoms with van der Waals surface area (Å²) in [5.74, 6) is 0. The fraction of sp³-hybridized carbons (Fsp3) is 0.833. The molecule has 13 heavy (non-hydrogen) atoms. The van der Waals surface area contributed by atoms with Gasteiger partial charge in [0.1, 0.15) is 0 Å². The first-order chi connectivity index (χ1) is 6.10. The molecule has 0 aromatic heterocycles. The van der Waals surface area contributed by atoms with Crippen LogP contribution in [0.1, 0.15) is 52.9 Å². The Morgan fingerprint density at radius 2 is 2.08 bits per heavy atom. The van der Waals surface area contributed by atoms with Gasteiger partial charge in [-0.1, -0.05) is 25.0 Å². The molecule has 1 aliphatic carbocycles. The predicted molar refractivity (Wildman–Crippen MR) is 56.6 cm³/mol. The summed E-state index contributed by atoms with van der Waals surface area (Å²) in [7, 11) is 0. The summed E-state index contributed by atoms with van der Waals surface area (Å²) >= 11 is 0. The molecule has 0 radical (unpaired) electrons. The van der Waals surface area contributed by atoms with Crippen LogP contribution < -0.4 is 0 Å². The van der Waals surface area contributed by atoms with Gasteiger partial charge in [0.25, 0.3) is 0 Å². The Morgan fingerprint density at radius 3 is 2.38 bits per heavy atom. The van der Waals surface area contributed by atoms with E-state index < -0.39 is 0 Å². The lowest BCUT2D eigenvalue weighted by Crippen LogP contribution is -2.40. The van der Waals surface area contributed by atoms with Gasteiger partial charge in [-0.3, -0.25) is 0 Å². The van der Waals surface area contributed by atoms with E-state index in [2.05, 4.69) is 26.8 Å². The number of hydrogen-bond acceptors (Lipinski definition) is 1. The molecule has 0 aromatic carbocycles. The zero-order chi connectivity index (χ0) is 9.90. The van der Waals surface area contributed by atoms with Gasteiger partial charge in [0, 0.05) is 0 Å². The van der Waals surface area contributed by atoms with Crippen LogP contribution in [0, 0.1) is 5.41 Å². The van der Waals surface area contributed by atoms with Gasteiger partial charge in [-0.05, 0) is 44.9 Å². The van der Waals surface area contributed by atoms with Crippen molar-refractivity contribution in [3.63, 3.8) is 0 Å². The molecule has 1 rings (SSSR count). The van der Waals surface area contributed by atoms with Crippen molar-refractivity contribution in [1.82, 2.24) is 0 Å². The first-order valence-electron chi connectivity index (χ1n) is 5.42. The molecule has 0 bridgehead atoms.